The number of carbonyl (C=O) groups excluding carboxylic acids is 1. The minimum Gasteiger partial charge on any atom is -0.340 e. The molecule has 0 spiro atoms. The van der Waals surface area contributed by atoms with Gasteiger partial charge in [-0.15, -0.1) is 0 Å². The smallest absolute Gasteiger partial charge is 0.274 e. The average Bonchev–Trinajstić information content (AvgIpc) is 3.07. The Balaban J connectivity index is 1.73. The van der Waals surface area contributed by atoms with Gasteiger partial charge in [0.05, 0.1) is 6.33 Å². The van der Waals surface area contributed by atoms with E-state index in [9.17, 15) is 4.79 Å². The van der Waals surface area contributed by atoms with Crippen LogP contribution in [0, 0.1) is 5.92 Å². The van der Waals surface area contributed by atoms with E-state index in [1.807, 2.05) is 17.8 Å². The summed E-state index contributed by atoms with van der Waals surface area (Å²) in [6.45, 7) is 3.07. The average molecular weight is 262 g/mol. The predicted octanol–water partition coefficient (Wildman–Crippen LogP) is 1.02. The monoisotopic (exact) mass is 262 g/mol. The molecule has 5 nitrogen and oxygen atoms in total. The maximum Gasteiger partial charge on any atom is 0.274 e. The summed E-state index contributed by atoms with van der Waals surface area (Å²) in [5.41, 5.74) is 0.586. The van der Waals surface area contributed by atoms with E-state index in [2.05, 4.69) is 15.2 Å². The Labute approximate surface area is 114 Å². The van der Waals surface area contributed by atoms with Crippen molar-refractivity contribution < 1.29 is 4.79 Å². The highest BCUT2D eigenvalue weighted by Gasteiger charge is 2.36. The van der Waals surface area contributed by atoms with Crippen LogP contribution in [0.15, 0.2) is 12.5 Å². The molecule has 3 rings (SSSR count). The molecule has 1 N–H and O–H groups in total. The Kier molecular flexibility index (Phi) is 3.55. The molecule has 1 amide bonds. The van der Waals surface area contributed by atoms with E-state index in [1.54, 1.807) is 6.33 Å². The number of likely N-dealkylation sites (tertiary alicyclic amines) is 1. The van der Waals surface area contributed by atoms with Crippen LogP contribution in [0.5, 0.6) is 0 Å². The number of hydrogen-bond acceptors (Lipinski definition) is 3. The fraction of sp³-hybridized carbons (Fsp3) is 0.714. The second-order valence-electron chi connectivity index (χ2n) is 5.72. The predicted molar refractivity (Wildman–Crippen MR) is 72.9 cm³/mol. The number of hydrogen-bond donors (Lipinski definition) is 1. The van der Waals surface area contributed by atoms with Gasteiger partial charge in [-0.1, -0.05) is 0 Å². The van der Waals surface area contributed by atoms with E-state index in [-0.39, 0.29) is 5.91 Å². The number of amides is 1. The lowest BCUT2D eigenvalue weighted by Gasteiger charge is -2.34. The lowest BCUT2D eigenvalue weighted by atomic mass is 9.88. The van der Waals surface area contributed by atoms with E-state index in [0.29, 0.717) is 17.7 Å². The Morgan fingerprint density at radius 1 is 1.37 bits per heavy atom. The van der Waals surface area contributed by atoms with Crippen LogP contribution in [-0.2, 0) is 7.05 Å². The minimum atomic E-state index is 0.113. The zero-order chi connectivity index (χ0) is 13.2. The zero-order valence-electron chi connectivity index (χ0n) is 11.5. The van der Waals surface area contributed by atoms with Crippen molar-refractivity contribution in [2.75, 3.05) is 19.6 Å². The molecule has 2 aliphatic rings. The quantitative estimate of drug-likeness (QED) is 0.866. The van der Waals surface area contributed by atoms with Gasteiger partial charge in [0.15, 0.2) is 0 Å². The molecule has 2 aliphatic heterocycles. The summed E-state index contributed by atoms with van der Waals surface area (Å²) in [6.07, 6.45) is 8.19. The topological polar surface area (TPSA) is 50.2 Å². The van der Waals surface area contributed by atoms with Gasteiger partial charge < -0.3 is 14.8 Å². The highest BCUT2D eigenvalue weighted by Crippen LogP contribution is 2.30. The van der Waals surface area contributed by atoms with Crippen LogP contribution in [0.25, 0.3) is 0 Å². The van der Waals surface area contributed by atoms with Crippen LogP contribution in [0.3, 0.4) is 0 Å². The normalized spacial score (nSPS) is 24.9. The molecule has 1 atom stereocenters. The summed E-state index contributed by atoms with van der Waals surface area (Å²) < 4.78 is 1.84. The molecule has 0 radical (unpaired) electrons. The van der Waals surface area contributed by atoms with E-state index < -0.39 is 0 Å². The van der Waals surface area contributed by atoms with Crippen molar-refractivity contribution >= 4 is 5.91 Å². The van der Waals surface area contributed by atoms with E-state index >= 15 is 0 Å². The van der Waals surface area contributed by atoms with E-state index in [4.69, 9.17) is 0 Å². The zero-order valence-corrected chi connectivity index (χ0v) is 11.5. The van der Waals surface area contributed by atoms with Crippen molar-refractivity contribution in [2.45, 2.75) is 31.7 Å². The number of aryl methyl sites for hydroxylation is 1. The molecule has 104 valence electrons. The Hall–Kier alpha value is -1.36. The van der Waals surface area contributed by atoms with Crippen LogP contribution in [-0.4, -0.2) is 46.0 Å². The second-order valence-corrected chi connectivity index (χ2v) is 5.72. The molecule has 0 aromatic carbocycles. The van der Waals surface area contributed by atoms with Crippen LogP contribution < -0.4 is 5.32 Å². The third-order valence-corrected chi connectivity index (χ3v) is 4.41. The summed E-state index contributed by atoms with van der Waals surface area (Å²) in [7, 11) is 1.90. The van der Waals surface area contributed by atoms with Crippen molar-refractivity contribution in [1.82, 2.24) is 19.8 Å². The maximum atomic E-state index is 12.5. The third kappa shape index (κ3) is 2.52. The molecule has 2 saturated heterocycles. The first-order valence-corrected chi connectivity index (χ1v) is 7.25. The minimum absolute atomic E-state index is 0.113. The van der Waals surface area contributed by atoms with Crippen LogP contribution in [0.1, 0.15) is 36.2 Å². The summed E-state index contributed by atoms with van der Waals surface area (Å²) >= 11 is 0. The lowest BCUT2D eigenvalue weighted by molar-refractivity contribution is 0.0661. The van der Waals surface area contributed by atoms with Gasteiger partial charge in [-0.25, -0.2) is 4.98 Å². The molecule has 1 aromatic heterocycles. The number of carbonyl (C=O) groups is 1. The molecule has 19 heavy (non-hydrogen) atoms. The molecule has 0 bridgehead atoms. The molecule has 3 heterocycles. The van der Waals surface area contributed by atoms with Crippen molar-refractivity contribution in [2.24, 2.45) is 13.0 Å². The highest BCUT2D eigenvalue weighted by atomic mass is 16.2. The summed E-state index contributed by atoms with van der Waals surface area (Å²) in [5.74, 6) is 0.776. The third-order valence-electron chi connectivity index (χ3n) is 4.41. The number of rotatable bonds is 2. The van der Waals surface area contributed by atoms with Gasteiger partial charge in [-0.3, -0.25) is 4.79 Å². The van der Waals surface area contributed by atoms with Crippen LogP contribution in [0.2, 0.25) is 0 Å². The summed E-state index contributed by atoms with van der Waals surface area (Å²) in [6, 6.07) is 0.427. The van der Waals surface area contributed by atoms with Crippen LogP contribution >= 0.6 is 0 Å². The number of piperidine rings is 1. The Bertz CT molecular complexity index is 450. The summed E-state index contributed by atoms with van der Waals surface area (Å²) in [4.78, 5) is 18.8. The maximum absolute atomic E-state index is 12.5. The van der Waals surface area contributed by atoms with E-state index in [1.165, 1.54) is 12.8 Å². The number of nitrogens with one attached hydrogen (secondary N) is 1. The Morgan fingerprint density at radius 3 is 2.84 bits per heavy atom. The van der Waals surface area contributed by atoms with E-state index in [0.717, 1.165) is 32.5 Å². The fourth-order valence-electron chi connectivity index (χ4n) is 3.43. The van der Waals surface area contributed by atoms with Crippen molar-refractivity contribution in [3.63, 3.8) is 0 Å². The number of nitrogens with zero attached hydrogens (tertiary/aromatic N) is 3. The molecular weight excluding hydrogens is 240 g/mol. The molecular formula is C14H22N4O. The van der Waals surface area contributed by atoms with Gasteiger partial charge in [0.25, 0.3) is 5.91 Å². The number of aromatic nitrogens is 2. The van der Waals surface area contributed by atoms with Crippen LogP contribution in [0.4, 0.5) is 0 Å². The molecule has 2 fully saturated rings. The van der Waals surface area contributed by atoms with Gasteiger partial charge in [-0.2, -0.15) is 0 Å². The molecule has 1 aromatic rings. The van der Waals surface area contributed by atoms with Gasteiger partial charge in [-0.05, 0) is 44.7 Å². The largest absolute Gasteiger partial charge is 0.340 e. The first-order chi connectivity index (χ1) is 9.25. The van der Waals surface area contributed by atoms with Crippen molar-refractivity contribution in [3.8, 4) is 0 Å². The van der Waals surface area contributed by atoms with Gasteiger partial charge in [0.2, 0.25) is 0 Å². The molecule has 0 saturated carbocycles. The molecule has 1 unspecified atom stereocenters. The second kappa shape index (κ2) is 5.33. The molecule has 5 heteroatoms. The van der Waals surface area contributed by atoms with Gasteiger partial charge in [0.1, 0.15) is 5.69 Å². The van der Waals surface area contributed by atoms with Crippen molar-refractivity contribution in [3.05, 3.63) is 18.2 Å². The first kappa shape index (κ1) is 12.7. The lowest BCUT2D eigenvalue weighted by Crippen LogP contribution is -2.43. The SMILES string of the molecule is Cn1cnc(C(=O)N2CCCC2C2CCNCC2)c1. The standard InChI is InChI=1S/C14H22N4O/c1-17-9-12(16-10-17)14(19)18-8-2-3-13(18)11-4-6-15-7-5-11/h9-11,13,15H,2-8H2,1H3. The first-order valence-electron chi connectivity index (χ1n) is 7.25. The van der Waals surface area contributed by atoms with Gasteiger partial charge in [0, 0.05) is 25.8 Å². The number of imidazole rings is 1. The molecule has 0 aliphatic carbocycles. The highest BCUT2D eigenvalue weighted by molar-refractivity contribution is 5.92. The summed E-state index contributed by atoms with van der Waals surface area (Å²) in [5, 5.41) is 3.40. The Morgan fingerprint density at radius 2 is 2.16 bits per heavy atom. The van der Waals surface area contributed by atoms with Crippen molar-refractivity contribution in [1.29, 1.82) is 0 Å². The van der Waals surface area contributed by atoms with Gasteiger partial charge >= 0.3 is 0 Å². The fourth-order valence-corrected chi connectivity index (χ4v) is 3.43.